The summed E-state index contributed by atoms with van der Waals surface area (Å²) in [4.78, 5) is 24.7. The first-order chi connectivity index (χ1) is 6.27. The topological polar surface area (TPSA) is 47.0 Å². The molecule has 1 aromatic heterocycles. The summed E-state index contributed by atoms with van der Waals surface area (Å²) in [6.07, 6.45) is 6.16. The number of aldehydes is 2. The molecule has 0 aliphatic rings. The summed E-state index contributed by atoms with van der Waals surface area (Å²) in [5.41, 5.74) is 1.78. The number of allylic oxidation sites excluding steroid dienone is 1. The molecule has 0 aliphatic carbocycles. The number of nitrogens with zero attached hydrogens (tertiary/aromatic N) is 1. The van der Waals surface area contributed by atoms with Crippen LogP contribution in [0.4, 0.5) is 0 Å². The van der Waals surface area contributed by atoms with Crippen molar-refractivity contribution in [3.05, 3.63) is 35.2 Å². The van der Waals surface area contributed by atoms with Crippen molar-refractivity contribution in [3.8, 4) is 0 Å². The standard InChI is InChI=1S/C10H9NO2/c1-8(6-12)4-9-2-3-11-5-10(9)7-13/h2-7H,1H3. The van der Waals surface area contributed by atoms with Gasteiger partial charge in [0.05, 0.1) is 0 Å². The molecule has 3 heteroatoms. The van der Waals surface area contributed by atoms with E-state index in [4.69, 9.17) is 0 Å². The van der Waals surface area contributed by atoms with Gasteiger partial charge >= 0.3 is 0 Å². The quantitative estimate of drug-likeness (QED) is 0.516. The fourth-order valence-corrected chi connectivity index (χ4v) is 0.927. The van der Waals surface area contributed by atoms with E-state index < -0.39 is 0 Å². The Hall–Kier alpha value is -1.77. The summed E-state index contributed by atoms with van der Waals surface area (Å²) < 4.78 is 0. The number of hydrogen-bond donors (Lipinski definition) is 0. The van der Waals surface area contributed by atoms with Gasteiger partial charge in [0.2, 0.25) is 0 Å². The van der Waals surface area contributed by atoms with Crippen LogP contribution in [0.15, 0.2) is 24.0 Å². The molecule has 0 N–H and O–H groups in total. The number of pyridine rings is 1. The molecule has 13 heavy (non-hydrogen) atoms. The van der Waals surface area contributed by atoms with Crippen LogP contribution in [0.5, 0.6) is 0 Å². The zero-order valence-electron chi connectivity index (χ0n) is 7.23. The molecular formula is C10H9NO2. The lowest BCUT2D eigenvalue weighted by Crippen LogP contribution is -1.88. The Kier molecular flexibility index (Phi) is 3.09. The first-order valence-electron chi connectivity index (χ1n) is 3.80. The molecule has 0 unspecified atom stereocenters. The van der Waals surface area contributed by atoms with Gasteiger partial charge in [-0.25, -0.2) is 0 Å². The third-order valence-corrected chi connectivity index (χ3v) is 1.58. The van der Waals surface area contributed by atoms with Crippen LogP contribution < -0.4 is 0 Å². The van der Waals surface area contributed by atoms with Crippen LogP contribution in [0.2, 0.25) is 0 Å². The molecule has 0 saturated carbocycles. The summed E-state index contributed by atoms with van der Waals surface area (Å²) in [5.74, 6) is 0. The van der Waals surface area contributed by atoms with E-state index in [1.54, 1.807) is 25.3 Å². The maximum absolute atomic E-state index is 10.5. The van der Waals surface area contributed by atoms with E-state index in [0.717, 1.165) is 18.1 Å². The number of carbonyl (C=O) groups excluding carboxylic acids is 2. The second kappa shape index (κ2) is 4.30. The zero-order chi connectivity index (χ0) is 9.68. The minimum atomic E-state index is 0.490. The van der Waals surface area contributed by atoms with Crippen molar-refractivity contribution in [2.24, 2.45) is 0 Å². The highest BCUT2D eigenvalue weighted by atomic mass is 16.1. The average Bonchev–Trinajstić information content (AvgIpc) is 2.18. The second-order valence-corrected chi connectivity index (χ2v) is 2.63. The third kappa shape index (κ3) is 2.33. The van der Waals surface area contributed by atoms with Gasteiger partial charge < -0.3 is 0 Å². The van der Waals surface area contributed by atoms with Crippen molar-refractivity contribution in [1.82, 2.24) is 4.98 Å². The monoisotopic (exact) mass is 175 g/mol. The smallest absolute Gasteiger partial charge is 0.152 e. The minimum absolute atomic E-state index is 0.490. The van der Waals surface area contributed by atoms with Crippen molar-refractivity contribution in [3.63, 3.8) is 0 Å². The SMILES string of the molecule is CC(C=O)=Cc1ccncc1C=O. The molecule has 1 rings (SSSR count). The molecule has 0 spiro atoms. The van der Waals surface area contributed by atoms with Gasteiger partial charge in [0, 0.05) is 18.0 Å². The van der Waals surface area contributed by atoms with E-state index in [9.17, 15) is 9.59 Å². The largest absolute Gasteiger partial charge is 0.298 e. The number of rotatable bonds is 3. The number of carbonyl (C=O) groups is 2. The Balaban J connectivity index is 3.13. The highest BCUT2D eigenvalue weighted by molar-refractivity contribution is 5.86. The van der Waals surface area contributed by atoms with Crippen LogP contribution in [0, 0.1) is 0 Å². The van der Waals surface area contributed by atoms with Gasteiger partial charge in [-0.2, -0.15) is 0 Å². The molecule has 0 bridgehead atoms. The Bertz CT molecular complexity index is 356. The molecule has 0 saturated heterocycles. The molecule has 1 heterocycles. The normalized spacial score (nSPS) is 11.0. The Labute approximate surface area is 76.1 Å². The molecule has 1 aromatic rings. The van der Waals surface area contributed by atoms with Gasteiger partial charge in [0.1, 0.15) is 6.29 Å². The van der Waals surface area contributed by atoms with Crippen LogP contribution in [-0.2, 0) is 4.79 Å². The van der Waals surface area contributed by atoms with Crippen LogP contribution in [0.3, 0.4) is 0 Å². The molecular weight excluding hydrogens is 166 g/mol. The van der Waals surface area contributed by atoms with Crippen molar-refractivity contribution in [2.75, 3.05) is 0 Å². The van der Waals surface area contributed by atoms with E-state index in [0.29, 0.717) is 11.1 Å². The van der Waals surface area contributed by atoms with Gasteiger partial charge in [-0.1, -0.05) is 0 Å². The molecule has 0 aromatic carbocycles. The maximum atomic E-state index is 10.5. The predicted molar refractivity (Wildman–Crippen MR) is 49.3 cm³/mol. The second-order valence-electron chi connectivity index (χ2n) is 2.63. The summed E-state index contributed by atoms with van der Waals surface area (Å²) >= 11 is 0. The van der Waals surface area contributed by atoms with Crippen molar-refractivity contribution in [1.29, 1.82) is 0 Å². The van der Waals surface area contributed by atoms with E-state index >= 15 is 0 Å². The first-order valence-corrected chi connectivity index (χ1v) is 3.80. The summed E-state index contributed by atoms with van der Waals surface area (Å²) in [6.45, 7) is 1.68. The zero-order valence-corrected chi connectivity index (χ0v) is 7.23. The lowest BCUT2D eigenvalue weighted by Gasteiger charge is -1.96. The van der Waals surface area contributed by atoms with E-state index in [2.05, 4.69) is 4.98 Å². The summed E-state index contributed by atoms with van der Waals surface area (Å²) in [6, 6.07) is 1.69. The van der Waals surface area contributed by atoms with E-state index in [1.165, 1.54) is 6.20 Å². The van der Waals surface area contributed by atoms with Gasteiger partial charge in [0.25, 0.3) is 0 Å². The molecule has 3 nitrogen and oxygen atoms in total. The van der Waals surface area contributed by atoms with Crippen molar-refractivity contribution >= 4 is 18.6 Å². The minimum Gasteiger partial charge on any atom is -0.298 e. The van der Waals surface area contributed by atoms with Gasteiger partial charge in [0.15, 0.2) is 6.29 Å². The molecule has 0 radical (unpaired) electrons. The Morgan fingerprint density at radius 2 is 2.15 bits per heavy atom. The first kappa shape index (κ1) is 9.32. The summed E-state index contributed by atoms with van der Waals surface area (Å²) in [5, 5.41) is 0. The highest BCUT2D eigenvalue weighted by Gasteiger charge is 1.97. The van der Waals surface area contributed by atoms with Crippen LogP contribution >= 0.6 is 0 Å². The number of hydrogen-bond acceptors (Lipinski definition) is 3. The van der Waals surface area contributed by atoms with E-state index in [-0.39, 0.29) is 0 Å². The summed E-state index contributed by atoms with van der Waals surface area (Å²) in [7, 11) is 0. The lowest BCUT2D eigenvalue weighted by molar-refractivity contribution is -0.104. The highest BCUT2D eigenvalue weighted by Crippen LogP contribution is 2.08. The molecule has 0 atom stereocenters. The molecule has 0 fully saturated rings. The number of aromatic nitrogens is 1. The van der Waals surface area contributed by atoms with Gasteiger partial charge in [-0.05, 0) is 30.2 Å². The maximum Gasteiger partial charge on any atom is 0.152 e. The third-order valence-electron chi connectivity index (χ3n) is 1.58. The molecule has 0 aliphatic heterocycles. The van der Waals surface area contributed by atoms with E-state index in [1.807, 2.05) is 0 Å². The lowest BCUT2D eigenvalue weighted by atomic mass is 10.1. The van der Waals surface area contributed by atoms with Gasteiger partial charge in [-0.3, -0.25) is 14.6 Å². The van der Waals surface area contributed by atoms with Crippen molar-refractivity contribution < 1.29 is 9.59 Å². The fraction of sp³-hybridized carbons (Fsp3) is 0.100. The fourth-order valence-electron chi connectivity index (χ4n) is 0.927. The molecule has 66 valence electrons. The van der Waals surface area contributed by atoms with Crippen LogP contribution in [-0.4, -0.2) is 17.6 Å². The van der Waals surface area contributed by atoms with Gasteiger partial charge in [-0.15, -0.1) is 0 Å². The van der Waals surface area contributed by atoms with Crippen molar-refractivity contribution in [2.45, 2.75) is 6.92 Å². The Morgan fingerprint density at radius 3 is 2.77 bits per heavy atom. The Morgan fingerprint density at radius 1 is 1.38 bits per heavy atom. The molecule has 0 amide bonds. The average molecular weight is 175 g/mol. The van der Waals surface area contributed by atoms with Crippen LogP contribution in [0.1, 0.15) is 22.8 Å². The predicted octanol–water partition coefficient (Wildman–Crippen LogP) is 1.50. The van der Waals surface area contributed by atoms with Crippen LogP contribution in [0.25, 0.3) is 6.08 Å².